The highest BCUT2D eigenvalue weighted by atomic mass is 16.6. The lowest BCUT2D eigenvalue weighted by molar-refractivity contribution is -0.383. The Morgan fingerprint density at radius 3 is 2.25 bits per heavy atom. The molecule has 104 valence electrons. The Morgan fingerprint density at radius 1 is 1.05 bits per heavy atom. The summed E-state index contributed by atoms with van der Waals surface area (Å²) in [6.45, 7) is 0. The third kappa shape index (κ3) is 3.13. The highest BCUT2D eigenvalue weighted by Crippen LogP contribution is 2.32. The Kier molecular flexibility index (Phi) is 3.72. The van der Waals surface area contributed by atoms with E-state index in [-0.39, 0.29) is 10.6 Å². The van der Waals surface area contributed by atoms with Crippen LogP contribution in [-0.2, 0) is 0 Å². The highest BCUT2D eigenvalue weighted by Gasteiger charge is 2.21. The molecular formula is C15H18N3O2+. The van der Waals surface area contributed by atoms with E-state index in [0.717, 1.165) is 11.4 Å². The first-order valence-electron chi connectivity index (χ1n) is 6.30. The van der Waals surface area contributed by atoms with Gasteiger partial charge >= 0.3 is 0 Å². The molecule has 0 aliphatic carbocycles. The second-order valence-electron chi connectivity index (χ2n) is 5.46. The molecule has 0 unspecified atom stereocenters. The second-order valence-corrected chi connectivity index (χ2v) is 5.46. The summed E-state index contributed by atoms with van der Waals surface area (Å²) in [4.78, 5) is 10.9. The number of nitro benzene ring substituents is 1. The average molecular weight is 272 g/mol. The molecule has 5 nitrogen and oxygen atoms in total. The Labute approximate surface area is 118 Å². The van der Waals surface area contributed by atoms with E-state index < -0.39 is 0 Å². The van der Waals surface area contributed by atoms with Gasteiger partial charge in [0.1, 0.15) is 11.4 Å². The molecule has 5 heteroatoms. The quantitative estimate of drug-likeness (QED) is 0.526. The van der Waals surface area contributed by atoms with Gasteiger partial charge < -0.3 is 5.32 Å². The maximum Gasteiger partial charge on any atom is 0.298 e. The van der Waals surface area contributed by atoms with Gasteiger partial charge in [-0.2, -0.15) is 0 Å². The van der Waals surface area contributed by atoms with Gasteiger partial charge in [-0.25, -0.2) is 0 Å². The van der Waals surface area contributed by atoms with Gasteiger partial charge in [0.2, 0.25) is 0 Å². The number of para-hydroxylation sites is 1. The first-order valence-corrected chi connectivity index (χ1v) is 6.30. The number of nitrogens with zero attached hydrogens (tertiary/aromatic N) is 2. The molecule has 0 radical (unpaired) electrons. The van der Waals surface area contributed by atoms with Gasteiger partial charge in [-0.15, -0.1) is 0 Å². The fraction of sp³-hybridized carbons (Fsp3) is 0.200. The number of rotatable bonds is 4. The minimum absolute atomic E-state index is 0.0828. The molecule has 0 aliphatic rings. The second kappa shape index (κ2) is 5.30. The van der Waals surface area contributed by atoms with E-state index in [1.807, 2.05) is 57.5 Å². The highest BCUT2D eigenvalue weighted by molar-refractivity contribution is 5.72. The summed E-state index contributed by atoms with van der Waals surface area (Å²) in [5, 5.41) is 14.3. The molecule has 0 bridgehead atoms. The van der Waals surface area contributed by atoms with Crippen LogP contribution in [-0.4, -0.2) is 26.1 Å². The zero-order valence-electron chi connectivity index (χ0n) is 11.8. The average Bonchev–Trinajstić information content (AvgIpc) is 2.38. The smallest absolute Gasteiger partial charge is 0.298 e. The van der Waals surface area contributed by atoms with E-state index in [2.05, 4.69) is 5.32 Å². The van der Waals surface area contributed by atoms with E-state index in [1.165, 1.54) is 0 Å². The molecule has 0 atom stereocenters. The van der Waals surface area contributed by atoms with Crippen LogP contribution in [0.15, 0.2) is 48.5 Å². The van der Waals surface area contributed by atoms with Gasteiger partial charge in [0.25, 0.3) is 5.69 Å². The summed E-state index contributed by atoms with van der Waals surface area (Å²) in [6, 6.07) is 14.7. The number of nitro groups is 1. The first kappa shape index (κ1) is 14.0. The Morgan fingerprint density at radius 2 is 1.70 bits per heavy atom. The van der Waals surface area contributed by atoms with Crippen molar-refractivity contribution >= 4 is 22.7 Å². The monoisotopic (exact) mass is 272 g/mol. The molecule has 0 spiro atoms. The summed E-state index contributed by atoms with van der Waals surface area (Å²) in [5.41, 5.74) is 2.29. The molecular weight excluding hydrogens is 254 g/mol. The van der Waals surface area contributed by atoms with Gasteiger partial charge in [-0.05, 0) is 18.2 Å². The van der Waals surface area contributed by atoms with E-state index >= 15 is 0 Å². The normalized spacial score (nSPS) is 11.2. The molecule has 2 aromatic carbocycles. The fourth-order valence-corrected chi connectivity index (χ4v) is 1.87. The van der Waals surface area contributed by atoms with Crippen LogP contribution < -0.4 is 9.80 Å². The number of hydrogen-bond donors (Lipinski definition) is 1. The van der Waals surface area contributed by atoms with Crippen molar-refractivity contribution in [2.75, 3.05) is 26.5 Å². The van der Waals surface area contributed by atoms with Crippen LogP contribution in [0.25, 0.3) is 0 Å². The Hall–Kier alpha value is -2.40. The van der Waals surface area contributed by atoms with E-state index in [0.29, 0.717) is 10.2 Å². The topological polar surface area (TPSA) is 55.2 Å². The van der Waals surface area contributed by atoms with Crippen molar-refractivity contribution in [2.45, 2.75) is 0 Å². The lowest BCUT2D eigenvalue weighted by Crippen LogP contribution is -2.34. The van der Waals surface area contributed by atoms with Crippen LogP contribution >= 0.6 is 0 Å². The van der Waals surface area contributed by atoms with E-state index in [1.54, 1.807) is 12.1 Å². The zero-order chi connectivity index (χ0) is 14.8. The van der Waals surface area contributed by atoms with Crippen molar-refractivity contribution in [2.24, 2.45) is 0 Å². The standard InChI is InChI=1S/C15H18N3O2/c1-18(2,3)13-9-10-14(15(11-13)17(19)20)16-12-7-5-4-6-8-12/h4-11,16H,1-3H3/q+1. The van der Waals surface area contributed by atoms with Crippen LogP contribution in [0.2, 0.25) is 0 Å². The summed E-state index contributed by atoms with van der Waals surface area (Å²) < 4.78 is 0.534. The van der Waals surface area contributed by atoms with Crippen molar-refractivity contribution in [3.63, 3.8) is 0 Å². The van der Waals surface area contributed by atoms with E-state index in [9.17, 15) is 10.1 Å². The van der Waals surface area contributed by atoms with Crippen molar-refractivity contribution < 1.29 is 4.92 Å². The third-order valence-electron chi connectivity index (χ3n) is 3.01. The minimum atomic E-state index is -0.357. The molecule has 0 aliphatic heterocycles. The fourth-order valence-electron chi connectivity index (χ4n) is 1.87. The molecule has 2 rings (SSSR count). The molecule has 0 fully saturated rings. The molecule has 0 saturated heterocycles. The summed E-state index contributed by atoms with van der Waals surface area (Å²) in [7, 11) is 5.93. The van der Waals surface area contributed by atoms with Crippen LogP contribution in [0, 0.1) is 10.1 Å². The summed E-state index contributed by atoms with van der Waals surface area (Å²) in [6.07, 6.45) is 0. The molecule has 0 saturated carbocycles. The van der Waals surface area contributed by atoms with Gasteiger partial charge in [-0.1, -0.05) is 18.2 Å². The predicted molar refractivity (Wildman–Crippen MR) is 82.4 cm³/mol. The number of anilines is 2. The summed E-state index contributed by atoms with van der Waals surface area (Å²) in [5.74, 6) is 0. The lowest BCUT2D eigenvalue weighted by atomic mass is 10.2. The van der Waals surface area contributed by atoms with Gasteiger partial charge in [-0.3, -0.25) is 14.6 Å². The lowest BCUT2D eigenvalue weighted by Gasteiger charge is -2.23. The first-order chi connectivity index (χ1) is 9.38. The maximum atomic E-state index is 11.2. The van der Waals surface area contributed by atoms with Crippen molar-refractivity contribution in [1.82, 2.24) is 4.48 Å². The number of nitrogens with one attached hydrogen (secondary N) is 1. The molecule has 20 heavy (non-hydrogen) atoms. The van der Waals surface area contributed by atoms with Crippen molar-refractivity contribution in [3.8, 4) is 0 Å². The molecule has 1 N–H and O–H groups in total. The zero-order valence-corrected chi connectivity index (χ0v) is 11.8. The number of hydrogen-bond acceptors (Lipinski definition) is 3. The third-order valence-corrected chi connectivity index (χ3v) is 3.01. The van der Waals surface area contributed by atoms with Gasteiger partial charge in [0, 0.05) is 11.8 Å². The van der Waals surface area contributed by atoms with Crippen LogP contribution in [0.5, 0.6) is 0 Å². The van der Waals surface area contributed by atoms with Crippen LogP contribution in [0.3, 0.4) is 0 Å². The Bertz CT molecular complexity index is 619. The Balaban J connectivity index is 2.41. The van der Waals surface area contributed by atoms with E-state index in [4.69, 9.17) is 0 Å². The van der Waals surface area contributed by atoms with Crippen LogP contribution in [0.4, 0.5) is 22.7 Å². The SMILES string of the molecule is C[N+](C)(C)c1ccc(Nc2ccccc2)c([N+](=O)[O-])c1. The van der Waals surface area contributed by atoms with Crippen molar-refractivity contribution in [1.29, 1.82) is 0 Å². The number of quaternary nitrogens is 1. The largest absolute Gasteiger partial charge is 0.350 e. The summed E-state index contributed by atoms with van der Waals surface area (Å²) >= 11 is 0. The van der Waals surface area contributed by atoms with Gasteiger partial charge in [0.15, 0.2) is 0 Å². The van der Waals surface area contributed by atoms with Crippen molar-refractivity contribution in [3.05, 3.63) is 58.6 Å². The minimum Gasteiger partial charge on any atom is -0.350 e. The predicted octanol–water partition coefficient (Wildman–Crippen LogP) is 3.54. The number of benzene rings is 2. The molecule has 0 aromatic heterocycles. The molecule has 0 heterocycles. The molecule has 0 amide bonds. The van der Waals surface area contributed by atoms with Gasteiger partial charge in [0.05, 0.1) is 32.1 Å². The molecule has 2 aromatic rings. The van der Waals surface area contributed by atoms with Crippen LogP contribution in [0.1, 0.15) is 0 Å². The maximum absolute atomic E-state index is 11.2.